The summed E-state index contributed by atoms with van der Waals surface area (Å²) in [6, 6.07) is 5.40. The summed E-state index contributed by atoms with van der Waals surface area (Å²) in [5.41, 5.74) is 0.786. The maximum atomic E-state index is 11.8. The lowest BCUT2D eigenvalue weighted by Crippen LogP contribution is -2.21. The molecule has 86 valence electrons. The molecule has 1 aromatic carbocycles. The average molecular weight is 303 g/mol. The van der Waals surface area contributed by atoms with E-state index < -0.39 is 0 Å². The van der Waals surface area contributed by atoms with Crippen molar-refractivity contribution >= 4 is 39.1 Å². The van der Waals surface area contributed by atoms with Gasteiger partial charge < -0.3 is 5.32 Å². The number of hydrogen-bond donors (Lipinski definition) is 1. The van der Waals surface area contributed by atoms with Crippen molar-refractivity contribution in [3.8, 4) is 0 Å². The molecule has 0 heterocycles. The van der Waals surface area contributed by atoms with Crippen LogP contribution >= 0.6 is 27.5 Å². The molecule has 0 radical (unpaired) electrons. The predicted molar refractivity (Wildman–Crippen MR) is 69.7 cm³/mol. The number of rotatable bonds is 3. The normalized spacial score (nSPS) is 16.9. The number of amides is 1. The Kier molecular flexibility index (Phi) is 3.55. The first-order chi connectivity index (χ1) is 7.58. The van der Waals surface area contributed by atoms with E-state index in [9.17, 15) is 4.79 Å². The average Bonchev–Trinajstić information content (AvgIpc) is 3.06. The first-order valence-corrected chi connectivity index (χ1v) is 6.51. The number of benzene rings is 1. The molecule has 0 spiro atoms. The second kappa shape index (κ2) is 4.76. The van der Waals surface area contributed by atoms with Crippen molar-refractivity contribution in [2.24, 2.45) is 11.8 Å². The summed E-state index contributed by atoms with van der Waals surface area (Å²) in [5, 5.41) is 3.55. The number of carbonyl (C=O) groups is 1. The fourth-order valence-electron chi connectivity index (χ4n) is 1.64. The highest BCUT2D eigenvalue weighted by atomic mass is 79.9. The zero-order chi connectivity index (χ0) is 11.7. The molecule has 2 nitrogen and oxygen atoms in total. The quantitative estimate of drug-likeness (QED) is 0.895. The van der Waals surface area contributed by atoms with Gasteiger partial charge in [-0.05, 0) is 52.9 Å². The van der Waals surface area contributed by atoms with Crippen LogP contribution in [0.4, 0.5) is 5.69 Å². The topological polar surface area (TPSA) is 29.1 Å². The second-order valence-corrected chi connectivity index (χ2v) is 5.51. The van der Waals surface area contributed by atoms with E-state index in [1.807, 2.05) is 19.1 Å². The first-order valence-electron chi connectivity index (χ1n) is 5.34. The predicted octanol–water partition coefficient (Wildman–Crippen LogP) is 4.09. The van der Waals surface area contributed by atoms with Crippen LogP contribution in [-0.2, 0) is 4.79 Å². The van der Waals surface area contributed by atoms with Crippen LogP contribution in [0.25, 0.3) is 0 Å². The molecule has 0 aromatic heterocycles. The fourth-order valence-corrected chi connectivity index (χ4v) is 2.14. The van der Waals surface area contributed by atoms with Gasteiger partial charge in [0.15, 0.2) is 0 Å². The van der Waals surface area contributed by atoms with Gasteiger partial charge in [0.05, 0.1) is 5.02 Å². The first kappa shape index (κ1) is 11.9. The molecule has 1 amide bonds. The van der Waals surface area contributed by atoms with E-state index in [-0.39, 0.29) is 11.8 Å². The van der Waals surface area contributed by atoms with E-state index in [2.05, 4.69) is 21.2 Å². The van der Waals surface area contributed by atoms with Crippen LogP contribution in [0.3, 0.4) is 0 Å². The van der Waals surface area contributed by atoms with Gasteiger partial charge in [0.25, 0.3) is 0 Å². The third-order valence-electron chi connectivity index (χ3n) is 2.93. The molecule has 0 bridgehead atoms. The molecule has 1 fully saturated rings. The van der Waals surface area contributed by atoms with Crippen molar-refractivity contribution in [1.82, 2.24) is 0 Å². The summed E-state index contributed by atoms with van der Waals surface area (Å²) in [4.78, 5) is 11.8. The Labute approximate surface area is 108 Å². The molecule has 0 aliphatic heterocycles. The van der Waals surface area contributed by atoms with Gasteiger partial charge in [-0.3, -0.25) is 4.79 Å². The Morgan fingerprint density at radius 3 is 2.81 bits per heavy atom. The van der Waals surface area contributed by atoms with Crippen LogP contribution in [0.5, 0.6) is 0 Å². The summed E-state index contributed by atoms with van der Waals surface area (Å²) in [7, 11) is 0. The van der Waals surface area contributed by atoms with E-state index in [0.29, 0.717) is 10.9 Å². The van der Waals surface area contributed by atoms with Crippen LogP contribution < -0.4 is 5.32 Å². The molecule has 1 aliphatic carbocycles. The van der Waals surface area contributed by atoms with Gasteiger partial charge in [0.1, 0.15) is 0 Å². The summed E-state index contributed by atoms with van der Waals surface area (Å²) in [6.07, 6.45) is 2.36. The Morgan fingerprint density at radius 2 is 2.25 bits per heavy atom. The molecule has 0 saturated heterocycles. The largest absolute Gasteiger partial charge is 0.326 e. The summed E-state index contributed by atoms with van der Waals surface area (Å²) in [5.74, 6) is 0.780. The highest BCUT2D eigenvalue weighted by Crippen LogP contribution is 2.37. The maximum Gasteiger partial charge on any atom is 0.227 e. The highest BCUT2D eigenvalue weighted by Gasteiger charge is 2.32. The smallest absolute Gasteiger partial charge is 0.227 e. The maximum absolute atomic E-state index is 11.8. The van der Waals surface area contributed by atoms with Crippen LogP contribution in [-0.4, -0.2) is 5.91 Å². The lowest BCUT2D eigenvalue weighted by atomic mass is 10.1. The van der Waals surface area contributed by atoms with E-state index in [4.69, 9.17) is 11.6 Å². The van der Waals surface area contributed by atoms with Crippen molar-refractivity contribution in [3.63, 3.8) is 0 Å². The Hall–Kier alpha value is -0.540. The van der Waals surface area contributed by atoms with Gasteiger partial charge in [-0.15, -0.1) is 0 Å². The number of nitrogens with one attached hydrogen (secondary N) is 1. The van der Waals surface area contributed by atoms with Gasteiger partial charge in [-0.2, -0.15) is 0 Å². The monoisotopic (exact) mass is 301 g/mol. The molecule has 1 aromatic rings. The number of anilines is 1. The van der Waals surface area contributed by atoms with Crippen LogP contribution in [0.2, 0.25) is 5.02 Å². The molecule has 2 rings (SSSR count). The lowest BCUT2D eigenvalue weighted by Gasteiger charge is -2.11. The Balaban J connectivity index is 2.02. The Bertz CT molecular complexity index is 417. The standard InChI is InChI=1S/C12H13BrClNO/c1-7(8-2-3-8)12(16)15-9-4-5-11(14)10(13)6-9/h4-8H,2-3H2,1H3,(H,15,16). The highest BCUT2D eigenvalue weighted by molar-refractivity contribution is 9.10. The second-order valence-electron chi connectivity index (χ2n) is 4.24. The van der Waals surface area contributed by atoms with E-state index in [1.54, 1.807) is 6.07 Å². The van der Waals surface area contributed by atoms with E-state index in [1.165, 1.54) is 12.8 Å². The molecular formula is C12H13BrClNO. The van der Waals surface area contributed by atoms with E-state index >= 15 is 0 Å². The van der Waals surface area contributed by atoms with Gasteiger partial charge in [-0.25, -0.2) is 0 Å². The van der Waals surface area contributed by atoms with Crippen molar-refractivity contribution in [3.05, 3.63) is 27.7 Å². The van der Waals surface area contributed by atoms with Gasteiger partial charge in [0.2, 0.25) is 5.91 Å². The van der Waals surface area contributed by atoms with Gasteiger partial charge >= 0.3 is 0 Å². The third kappa shape index (κ3) is 2.77. The van der Waals surface area contributed by atoms with Crippen molar-refractivity contribution in [2.75, 3.05) is 5.32 Å². The van der Waals surface area contributed by atoms with Crippen LogP contribution in [0.1, 0.15) is 19.8 Å². The molecular weight excluding hydrogens is 289 g/mol. The molecule has 1 N–H and O–H groups in total. The zero-order valence-corrected chi connectivity index (χ0v) is 11.3. The van der Waals surface area contributed by atoms with Crippen LogP contribution in [0.15, 0.2) is 22.7 Å². The molecule has 1 atom stereocenters. The van der Waals surface area contributed by atoms with Crippen molar-refractivity contribution in [2.45, 2.75) is 19.8 Å². The number of carbonyl (C=O) groups excluding carboxylic acids is 1. The van der Waals surface area contributed by atoms with Gasteiger partial charge in [-0.1, -0.05) is 18.5 Å². The summed E-state index contributed by atoms with van der Waals surface area (Å²) >= 11 is 9.21. The lowest BCUT2D eigenvalue weighted by molar-refractivity contribution is -0.119. The molecule has 16 heavy (non-hydrogen) atoms. The van der Waals surface area contributed by atoms with Crippen molar-refractivity contribution in [1.29, 1.82) is 0 Å². The van der Waals surface area contributed by atoms with Crippen molar-refractivity contribution < 1.29 is 4.79 Å². The number of hydrogen-bond acceptors (Lipinski definition) is 1. The minimum Gasteiger partial charge on any atom is -0.326 e. The molecule has 1 unspecified atom stereocenters. The minimum atomic E-state index is 0.0942. The Morgan fingerprint density at radius 1 is 1.56 bits per heavy atom. The molecule has 1 saturated carbocycles. The molecule has 4 heteroatoms. The summed E-state index contributed by atoms with van der Waals surface area (Å²) < 4.78 is 0.797. The SMILES string of the molecule is CC(C(=O)Nc1ccc(Cl)c(Br)c1)C1CC1. The molecule has 1 aliphatic rings. The van der Waals surface area contributed by atoms with Crippen LogP contribution in [0, 0.1) is 11.8 Å². The zero-order valence-electron chi connectivity index (χ0n) is 8.97. The van der Waals surface area contributed by atoms with Gasteiger partial charge in [0, 0.05) is 16.1 Å². The summed E-state index contributed by atoms with van der Waals surface area (Å²) in [6.45, 7) is 1.98. The fraction of sp³-hybridized carbons (Fsp3) is 0.417. The minimum absolute atomic E-state index is 0.0942. The number of halogens is 2. The van der Waals surface area contributed by atoms with E-state index in [0.717, 1.165) is 10.2 Å². The third-order valence-corrected chi connectivity index (χ3v) is 4.14.